The summed E-state index contributed by atoms with van der Waals surface area (Å²) in [6, 6.07) is 7.58. The van der Waals surface area contributed by atoms with Crippen LogP contribution in [0.5, 0.6) is 0 Å². The average Bonchev–Trinajstić information content (AvgIpc) is 3.44. The minimum Gasteiger partial charge on any atom is -0.340 e. The molecule has 246 valence electrons. The Balaban J connectivity index is 1.46. The predicted molar refractivity (Wildman–Crippen MR) is 172 cm³/mol. The second kappa shape index (κ2) is 12.9. The lowest BCUT2D eigenvalue weighted by molar-refractivity contribution is -0.130. The highest BCUT2D eigenvalue weighted by Gasteiger charge is 2.28. The summed E-state index contributed by atoms with van der Waals surface area (Å²) in [7, 11) is -7.33. The van der Waals surface area contributed by atoms with E-state index in [1.807, 2.05) is 25.5 Å². The topological polar surface area (TPSA) is 146 Å². The lowest BCUT2D eigenvalue weighted by Gasteiger charge is -2.40. The molecule has 2 aromatic heterocycles. The van der Waals surface area contributed by atoms with E-state index >= 15 is 4.39 Å². The van der Waals surface area contributed by atoms with Crippen molar-refractivity contribution in [1.82, 2.24) is 19.9 Å². The third-order valence-electron chi connectivity index (χ3n) is 7.18. The van der Waals surface area contributed by atoms with Crippen LogP contribution in [0, 0.1) is 17.5 Å². The number of hydrogen-bond acceptors (Lipinski definition) is 9. The number of nitrogens with one attached hydrogen (secondary N) is 1. The Bertz CT molecular complexity index is 1890. The van der Waals surface area contributed by atoms with Gasteiger partial charge < -0.3 is 4.90 Å². The van der Waals surface area contributed by atoms with Gasteiger partial charge in [-0.3, -0.25) is 18.6 Å². The predicted octanol–water partition coefficient (Wildman–Crippen LogP) is 6.31. The number of carbonyl (C=O) groups excluding carboxylic acids is 1. The molecule has 1 fully saturated rings. The van der Waals surface area contributed by atoms with Crippen LogP contribution in [0.15, 0.2) is 53.6 Å². The molecule has 3 N–H and O–H groups in total. The number of rotatable bonds is 8. The Labute approximate surface area is 270 Å². The maximum atomic E-state index is 16.1. The van der Waals surface area contributed by atoms with E-state index in [4.69, 9.17) is 4.98 Å². The van der Waals surface area contributed by atoms with Gasteiger partial charge in [-0.05, 0) is 36.4 Å². The van der Waals surface area contributed by atoms with E-state index in [1.54, 1.807) is 11.0 Å². The van der Waals surface area contributed by atoms with Crippen LogP contribution in [0.3, 0.4) is 0 Å². The van der Waals surface area contributed by atoms with Crippen LogP contribution in [0.4, 0.5) is 18.9 Å². The summed E-state index contributed by atoms with van der Waals surface area (Å²) in [5.74, 6) is -2.64. The van der Waals surface area contributed by atoms with Crippen molar-refractivity contribution < 1.29 is 35.5 Å². The average molecular weight is 696 g/mol. The first-order valence-electron chi connectivity index (χ1n) is 14.2. The second-order valence-corrected chi connectivity index (χ2v) is 16.8. The van der Waals surface area contributed by atoms with Crippen LogP contribution >= 0.6 is 21.9 Å². The minimum atomic E-state index is -4.70. The van der Waals surface area contributed by atoms with Gasteiger partial charge in [-0.2, -0.15) is 10.6 Å². The Morgan fingerprint density at radius 1 is 1.07 bits per heavy atom. The SMILES string of the molecule is CC(C)(C)c1nc(-c2cccc(NS(=O)(=O)c3cc(F)ccc3F)c2F)c(-c2ccnc(CCC(=O)N3CCS(O)(O)CC3)n2)s1. The lowest BCUT2D eigenvalue weighted by atomic mass is 9.98. The highest BCUT2D eigenvalue weighted by Crippen LogP contribution is 2.42. The van der Waals surface area contributed by atoms with E-state index < -0.39 is 54.1 Å². The van der Waals surface area contributed by atoms with Gasteiger partial charge in [0.2, 0.25) is 5.91 Å². The molecule has 46 heavy (non-hydrogen) atoms. The fraction of sp³-hybridized carbons (Fsp3) is 0.333. The third-order valence-corrected chi connectivity index (χ3v) is 11.7. The molecule has 5 rings (SSSR count). The van der Waals surface area contributed by atoms with Gasteiger partial charge in [0.25, 0.3) is 10.0 Å². The van der Waals surface area contributed by atoms with E-state index in [1.165, 1.54) is 29.7 Å². The van der Waals surface area contributed by atoms with E-state index in [-0.39, 0.29) is 54.6 Å². The van der Waals surface area contributed by atoms with Crippen molar-refractivity contribution in [2.75, 3.05) is 29.3 Å². The number of benzene rings is 2. The van der Waals surface area contributed by atoms with Crippen molar-refractivity contribution in [2.45, 2.75) is 43.9 Å². The number of carbonyl (C=O) groups is 1. The number of thiazole rings is 1. The maximum absolute atomic E-state index is 16.1. The molecule has 4 aromatic rings. The van der Waals surface area contributed by atoms with Gasteiger partial charge in [0, 0.05) is 43.1 Å². The summed E-state index contributed by atoms with van der Waals surface area (Å²) in [6.07, 6.45) is 1.84. The van der Waals surface area contributed by atoms with Crippen molar-refractivity contribution in [3.8, 4) is 21.8 Å². The zero-order valence-electron chi connectivity index (χ0n) is 25.1. The van der Waals surface area contributed by atoms with Gasteiger partial charge in [-0.15, -0.1) is 11.3 Å². The summed E-state index contributed by atoms with van der Waals surface area (Å²) < 4.78 is 91.6. The molecule has 1 amide bonds. The molecule has 1 aliphatic heterocycles. The molecular formula is C30H32F3N5O5S3. The normalized spacial score (nSPS) is 15.9. The number of hydrogen-bond donors (Lipinski definition) is 3. The Hall–Kier alpha value is -3.57. The molecule has 1 aliphatic rings. The van der Waals surface area contributed by atoms with Crippen molar-refractivity contribution in [2.24, 2.45) is 0 Å². The minimum absolute atomic E-state index is 0.0481. The standard InChI is InChI=1S/C30H32F3N5O5S3/c1-30(2,3)29-36-27(19-5-4-6-21(26(19)33)37-46(42,43)23-17-18(31)7-8-20(23)32)28(44-29)22-11-12-34-24(35-22)9-10-25(39)38-13-15-45(40,41)16-14-38/h4-8,11-12,17,37,40-41H,9-10,13-16H2,1-3H3. The zero-order chi connectivity index (χ0) is 33.4. The molecule has 0 atom stereocenters. The molecule has 0 radical (unpaired) electrons. The molecule has 0 saturated carbocycles. The smallest absolute Gasteiger partial charge is 0.265 e. The maximum Gasteiger partial charge on any atom is 0.265 e. The summed E-state index contributed by atoms with van der Waals surface area (Å²) in [6.45, 7) is 6.33. The molecule has 0 bridgehead atoms. The van der Waals surface area contributed by atoms with E-state index in [2.05, 4.69) is 9.97 Å². The molecular weight excluding hydrogens is 664 g/mol. The fourth-order valence-corrected chi connectivity index (χ4v) is 8.16. The molecule has 16 heteroatoms. The first-order valence-corrected chi connectivity index (χ1v) is 18.3. The van der Waals surface area contributed by atoms with Gasteiger partial charge in [0.05, 0.1) is 38.5 Å². The highest BCUT2D eigenvalue weighted by atomic mass is 32.3. The van der Waals surface area contributed by atoms with E-state index in [9.17, 15) is 31.1 Å². The van der Waals surface area contributed by atoms with E-state index in [0.29, 0.717) is 33.5 Å². The number of aryl methyl sites for hydroxylation is 1. The van der Waals surface area contributed by atoms with E-state index in [0.717, 1.165) is 12.1 Å². The molecule has 1 saturated heterocycles. The first kappa shape index (κ1) is 33.8. The number of anilines is 1. The van der Waals surface area contributed by atoms with Crippen LogP contribution in [0.1, 0.15) is 38.0 Å². The number of nitrogens with zero attached hydrogens (tertiary/aromatic N) is 4. The molecule has 10 nitrogen and oxygen atoms in total. The Morgan fingerprint density at radius 2 is 1.78 bits per heavy atom. The number of sulfonamides is 1. The Morgan fingerprint density at radius 3 is 2.48 bits per heavy atom. The molecule has 3 heterocycles. The lowest BCUT2D eigenvalue weighted by Crippen LogP contribution is -2.42. The van der Waals surface area contributed by atoms with Crippen LogP contribution in [-0.4, -0.2) is 67.9 Å². The second-order valence-electron chi connectivity index (χ2n) is 11.7. The monoisotopic (exact) mass is 695 g/mol. The number of aromatic nitrogens is 3. The summed E-state index contributed by atoms with van der Waals surface area (Å²) >= 11 is 1.28. The summed E-state index contributed by atoms with van der Waals surface area (Å²) in [5.41, 5.74) is -0.370. The highest BCUT2D eigenvalue weighted by molar-refractivity contribution is 8.24. The number of halogens is 3. The number of amides is 1. The summed E-state index contributed by atoms with van der Waals surface area (Å²) in [4.78, 5) is 27.5. The van der Waals surface area contributed by atoms with Crippen LogP contribution in [0.25, 0.3) is 21.8 Å². The fourth-order valence-electron chi connectivity index (χ4n) is 4.67. The van der Waals surface area contributed by atoms with Crippen LogP contribution in [-0.2, 0) is 26.7 Å². The molecule has 0 aliphatic carbocycles. The zero-order valence-corrected chi connectivity index (χ0v) is 27.6. The molecule has 0 spiro atoms. The van der Waals surface area contributed by atoms with Crippen molar-refractivity contribution >= 4 is 43.5 Å². The van der Waals surface area contributed by atoms with Gasteiger partial charge in [0.15, 0.2) is 5.82 Å². The van der Waals surface area contributed by atoms with Crippen molar-refractivity contribution in [3.05, 3.63) is 76.9 Å². The molecule has 2 aromatic carbocycles. The van der Waals surface area contributed by atoms with Gasteiger partial charge in [-0.1, -0.05) is 26.8 Å². The molecule has 0 unspecified atom stereocenters. The quantitative estimate of drug-likeness (QED) is 0.195. The van der Waals surface area contributed by atoms with Crippen LogP contribution in [0.2, 0.25) is 0 Å². The Kier molecular flexibility index (Phi) is 9.48. The largest absolute Gasteiger partial charge is 0.340 e. The van der Waals surface area contributed by atoms with Crippen molar-refractivity contribution in [3.63, 3.8) is 0 Å². The first-order chi connectivity index (χ1) is 21.5. The van der Waals surface area contributed by atoms with Gasteiger partial charge in [0.1, 0.15) is 22.4 Å². The van der Waals surface area contributed by atoms with Crippen molar-refractivity contribution in [1.29, 1.82) is 0 Å². The van der Waals surface area contributed by atoms with Crippen LogP contribution < -0.4 is 4.72 Å². The van der Waals surface area contributed by atoms with Gasteiger partial charge >= 0.3 is 0 Å². The van der Waals surface area contributed by atoms with Gasteiger partial charge in [-0.25, -0.2) is 36.5 Å². The summed E-state index contributed by atoms with van der Waals surface area (Å²) in [5, 5.41) is 0.649. The third kappa shape index (κ3) is 7.52.